The number of aromatic amines is 2. The second kappa shape index (κ2) is 6.84. The molecule has 0 radical (unpaired) electrons. The summed E-state index contributed by atoms with van der Waals surface area (Å²) < 4.78 is 0. The van der Waals surface area contributed by atoms with Crippen LogP contribution in [0.25, 0.3) is 44.5 Å². The number of carbonyl (C=O) groups excluding carboxylic acids is 1. The van der Waals surface area contributed by atoms with Crippen LogP contribution < -0.4 is 5.32 Å². The van der Waals surface area contributed by atoms with Gasteiger partial charge in [0, 0.05) is 40.7 Å². The molecule has 3 aromatic heterocycles. The molecule has 3 N–H and O–H groups in total. The molecule has 30 heavy (non-hydrogen) atoms. The van der Waals surface area contributed by atoms with Gasteiger partial charge in [0.05, 0.1) is 16.9 Å². The molecule has 5 rings (SSSR count). The predicted molar refractivity (Wildman–Crippen MR) is 119 cm³/mol. The quantitative estimate of drug-likeness (QED) is 0.412. The molecule has 0 aliphatic carbocycles. The van der Waals surface area contributed by atoms with Gasteiger partial charge in [-0.25, -0.2) is 9.97 Å². The number of benzene rings is 2. The Morgan fingerprint density at radius 3 is 2.67 bits per heavy atom. The van der Waals surface area contributed by atoms with Gasteiger partial charge in [-0.1, -0.05) is 30.3 Å². The Labute approximate surface area is 173 Å². The van der Waals surface area contributed by atoms with Crippen molar-refractivity contribution in [2.24, 2.45) is 0 Å². The topological polar surface area (TPSA) is 86.5 Å². The Kier molecular flexibility index (Phi) is 4.13. The van der Waals surface area contributed by atoms with Crippen LogP contribution in [0.15, 0.2) is 54.7 Å². The first-order valence-electron chi connectivity index (χ1n) is 9.82. The highest BCUT2D eigenvalue weighted by Crippen LogP contribution is 2.35. The lowest BCUT2D eigenvalue weighted by molar-refractivity contribution is 0.0963. The summed E-state index contributed by atoms with van der Waals surface area (Å²) >= 11 is 0. The van der Waals surface area contributed by atoms with Gasteiger partial charge in [-0.3, -0.25) is 9.89 Å². The number of amides is 1. The number of hydrogen-bond acceptors (Lipinski definition) is 3. The number of nitrogens with one attached hydrogen (secondary N) is 3. The molecule has 0 bridgehead atoms. The molecule has 148 valence electrons. The normalized spacial score (nSPS) is 11.3. The molecule has 0 aliphatic heterocycles. The van der Waals surface area contributed by atoms with Gasteiger partial charge >= 0.3 is 0 Å². The molecule has 3 heterocycles. The molecule has 0 fully saturated rings. The van der Waals surface area contributed by atoms with Crippen molar-refractivity contribution < 1.29 is 4.79 Å². The summed E-state index contributed by atoms with van der Waals surface area (Å²) in [5, 5.41) is 11.0. The molecule has 5 aromatic rings. The first kappa shape index (κ1) is 18.1. The summed E-state index contributed by atoms with van der Waals surface area (Å²) in [6.45, 7) is 4.23. The third kappa shape index (κ3) is 2.76. The van der Waals surface area contributed by atoms with Crippen LogP contribution >= 0.6 is 0 Å². The standard InChI is InChI=1S/C24H21N5O/c1-13-6-4-9-17(14(13)2)21-19-12-26-29-22(19)18-11-20(27-23(18)28-21)15-7-5-8-16(10-15)24(30)25-3/h4-12,26,29H,1-3H3,(H,25,30). The van der Waals surface area contributed by atoms with Crippen molar-refractivity contribution in [3.8, 4) is 22.5 Å². The Balaban J connectivity index is 1.73. The highest BCUT2D eigenvalue weighted by Gasteiger charge is 2.17. The number of nitrogens with zero attached hydrogens (tertiary/aromatic N) is 2. The monoisotopic (exact) mass is 395 g/mol. The van der Waals surface area contributed by atoms with E-state index >= 15 is 0 Å². The fourth-order valence-corrected chi connectivity index (χ4v) is 3.89. The van der Waals surface area contributed by atoms with E-state index in [1.807, 2.05) is 30.5 Å². The third-order valence-corrected chi connectivity index (χ3v) is 5.68. The molecule has 2 aromatic carbocycles. The van der Waals surface area contributed by atoms with Crippen molar-refractivity contribution in [1.29, 1.82) is 0 Å². The lowest BCUT2D eigenvalue weighted by atomic mass is 9.98. The number of H-pyrrole nitrogens is 2. The molecule has 6 heteroatoms. The SMILES string of the molecule is CNC(=O)c1cccc(-c2cc3c(n2)nc(-c2cccc(C)c2C)c2c[nH][nH]c23)c1. The molecule has 0 atom stereocenters. The van der Waals surface area contributed by atoms with Crippen LogP contribution in [0.3, 0.4) is 0 Å². The van der Waals surface area contributed by atoms with E-state index in [0.29, 0.717) is 11.2 Å². The van der Waals surface area contributed by atoms with Gasteiger partial charge in [0.1, 0.15) is 0 Å². The van der Waals surface area contributed by atoms with Gasteiger partial charge in [-0.15, -0.1) is 0 Å². The van der Waals surface area contributed by atoms with E-state index in [1.165, 1.54) is 11.1 Å². The molecule has 0 saturated carbocycles. The van der Waals surface area contributed by atoms with Crippen LogP contribution in [0.1, 0.15) is 21.5 Å². The second-order valence-corrected chi connectivity index (χ2v) is 7.45. The van der Waals surface area contributed by atoms with E-state index in [1.54, 1.807) is 13.1 Å². The number of carbonyl (C=O) groups is 1. The van der Waals surface area contributed by atoms with Crippen LogP contribution in [0.5, 0.6) is 0 Å². The number of hydrogen-bond donors (Lipinski definition) is 3. The summed E-state index contributed by atoms with van der Waals surface area (Å²) in [4.78, 5) is 21.8. The molecule has 6 nitrogen and oxygen atoms in total. The first-order chi connectivity index (χ1) is 14.6. The van der Waals surface area contributed by atoms with E-state index in [9.17, 15) is 4.79 Å². The molecule has 0 spiro atoms. The fraction of sp³-hybridized carbons (Fsp3) is 0.125. The zero-order chi connectivity index (χ0) is 20.8. The molecular formula is C24H21N5O. The van der Waals surface area contributed by atoms with Gasteiger partial charge in [-0.05, 0) is 43.2 Å². The molecule has 0 aliphatic rings. The third-order valence-electron chi connectivity index (χ3n) is 5.68. The van der Waals surface area contributed by atoms with Crippen molar-refractivity contribution >= 4 is 27.8 Å². The van der Waals surface area contributed by atoms with E-state index in [4.69, 9.17) is 9.97 Å². The Morgan fingerprint density at radius 1 is 1.00 bits per heavy atom. The van der Waals surface area contributed by atoms with Gasteiger partial charge in [0.25, 0.3) is 5.91 Å². The number of aromatic nitrogens is 4. The van der Waals surface area contributed by atoms with Gasteiger partial charge < -0.3 is 10.4 Å². The average molecular weight is 395 g/mol. The number of fused-ring (bicyclic) bond motifs is 3. The number of aryl methyl sites for hydroxylation is 1. The zero-order valence-electron chi connectivity index (χ0n) is 17.0. The lowest BCUT2D eigenvalue weighted by Crippen LogP contribution is -2.17. The maximum atomic E-state index is 12.0. The van der Waals surface area contributed by atoms with Crippen LogP contribution in [-0.2, 0) is 0 Å². The van der Waals surface area contributed by atoms with Crippen LogP contribution in [-0.4, -0.2) is 33.1 Å². The summed E-state index contributed by atoms with van der Waals surface area (Å²) in [6.07, 6.45) is 1.94. The van der Waals surface area contributed by atoms with E-state index in [0.717, 1.165) is 38.8 Å². The molecular weight excluding hydrogens is 374 g/mol. The van der Waals surface area contributed by atoms with Crippen LogP contribution in [0.4, 0.5) is 0 Å². The van der Waals surface area contributed by atoms with Crippen molar-refractivity contribution in [3.05, 3.63) is 71.4 Å². The lowest BCUT2D eigenvalue weighted by Gasteiger charge is -2.09. The smallest absolute Gasteiger partial charge is 0.251 e. The zero-order valence-corrected chi connectivity index (χ0v) is 17.0. The maximum absolute atomic E-state index is 12.0. The van der Waals surface area contributed by atoms with Gasteiger partial charge in [0.2, 0.25) is 0 Å². The van der Waals surface area contributed by atoms with Crippen LogP contribution in [0, 0.1) is 13.8 Å². The highest BCUT2D eigenvalue weighted by atomic mass is 16.1. The van der Waals surface area contributed by atoms with E-state index < -0.39 is 0 Å². The van der Waals surface area contributed by atoms with Crippen molar-refractivity contribution in [3.63, 3.8) is 0 Å². The summed E-state index contributed by atoms with van der Waals surface area (Å²) in [7, 11) is 1.63. The van der Waals surface area contributed by atoms with E-state index in [-0.39, 0.29) is 5.91 Å². The Hall–Kier alpha value is -3.93. The largest absolute Gasteiger partial charge is 0.355 e. The predicted octanol–water partition coefficient (Wildman–Crippen LogP) is 4.75. The van der Waals surface area contributed by atoms with E-state index in [2.05, 4.69) is 47.6 Å². The minimum Gasteiger partial charge on any atom is -0.355 e. The average Bonchev–Trinajstić information content (AvgIpc) is 3.41. The summed E-state index contributed by atoms with van der Waals surface area (Å²) in [5.74, 6) is -0.121. The Morgan fingerprint density at radius 2 is 1.83 bits per heavy atom. The summed E-state index contributed by atoms with van der Waals surface area (Å²) in [5.41, 5.74) is 8.35. The minimum absolute atomic E-state index is 0.121. The Bertz CT molecular complexity index is 1430. The molecule has 0 unspecified atom stereocenters. The number of rotatable bonds is 3. The molecule has 0 saturated heterocycles. The fourth-order valence-electron chi connectivity index (χ4n) is 3.89. The maximum Gasteiger partial charge on any atom is 0.251 e. The van der Waals surface area contributed by atoms with Gasteiger partial charge in [-0.2, -0.15) is 0 Å². The first-order valence-corrected chi connectivity index (χ1v) is 9.82. The van der Waals surface area contributed by atoms with Gasteiger partial charge in [0.15, 0.2) is 5.65 Å². The summed E-state index contributed by atoms with van der Waals surface area (Å²) in [6, 6.07) is 15.7. The minimum atomic E-state index is -0.121. The van der Waals surface area contributed by atoms with Crippen LogP contribution in [0.2, 0.25) is 0 Å². The second-order valence-electron chi connectivity index (χ2n) is 7.45. The van der Waals surface area contributed by atoms with Crippen molar-refractivity contribution in [2.75, 3.05) is 7.05 Å². The molecule has 1 amide bonds. The highest BCUT2D eigenvalue weighted by molar-refractivity contribution is 6.09. The van der Waals surface area contributed by atoms with Crippen molar-refractivity contribution in [2.45, 2.75) is 13.8 Å². The number of pyridine rings is 1. The van der Waals surface area contributed by atoms with Crippen molar-refractivity contribution in [1.82, 2.24) is 25.5 Å².